The van der Waals surface area contributed by atoms with Gasteiger partial charge in [-0.1, -0.05) is 6.07 Å². The summed E-state index contributed by atoms with van der Waals surface area (Å²) in [4.78, 5) is 24.9. The Balaban J connectivity index is 1.63. The summed E-state index contributed by atoms with van der Waals surface area (Å²) in [7, 11) is 1.76. The van der Waals surface area contributed by atoms with Gasteiger partial charge in [-0.25, -0.2) is 4.98 Å². The number of nitrogens with zero attached hydrogens (tertiary/aromatic N) is 5. The maximum absolute atomic E-state index is 12.1. The molecule has 3 rings (SSSR count). The Morgan fingerprint density at radius 2 is 2.00 bits per heavy atom. The molecule has 0 bridgehead atoms. The van der Waals surface area contributed by atoms with Crippen LogP contribution in [0.15, 0.2) is 41.7 Å². The molecule has 0 unspecified atom stereocenters. The Morgan fingerprint density at radius 3 is 2.71 bits per heavy atom. The summed E-state index contributed by atoms with van der Waals surface area (Å²) < 4.78 is 1.57. The Morgan fingerprint density at radius 1 is 1.19 bits per heavy atom. The highest BCUT2D eigenvalue weighted by Crippen LogP contribution is 2.11. The maximum Gasteiger partial charge on any atom is 0.293 e. The van der Waals surface area contributed by atoms with Gasteiger partial charge in [-0.2, -0.15) is 0 Å². The van der Waals surface area contributed by atoms with Gasteiger partial charge in [0, 0.05) is 64.6 Å². The van der Waals surface area contributed by atoms with Gasteiger partial charge in [0.15, 0.2) is 5.82 Å². The number of piperazine rings is 1. The van der Waals surface area contributed by atoms with Crippen LogP contribution < -0.4 is 10.5 Å². The van der Waals surface area contributed by atoms with Gasteiger partial charge in [0.25, 0.3) is 5.56 Å². The minimum atomic E-state index is -0.0294. The molecule has 110 valence electrons. The standard InChI is InChI=1S/C15H19N5O/c1-18-6-5-17-14(15(18)21)20-9-7-19(8-10-20)12-13-3-2-4-16-11-13/h2-6,11H,7-10,12H2,1H3. The molecule has 0 saturated carbocycles. The Hall–Kier alpha value is -2.21. The van der Waals surface area contributed by atoms with Gasteiger partial charge in [-0.05, 0) is 11.6 Å². The fraction of sp³-hybridized carbons (Fsp3) is 0.400. The van der Waals surface area contributed by atoms with Crippen molar-refractivity contribution in [1.82, 2.24) is 19.4 Å². The molecule has 1 fully saturated rings. The Kier molecular flexibility index (Phi) is 3.96. The highest BCUT2D eigenvalue weighted by Gasteiger charge is 2.20. The molecule has 6 heteroatoms. The second-order valence-electron chi connectivity index (χ2n) is 5.29. The van der Waals surface area contributed by atoms with E-state index >= 15 is 0 Å². The smallest absolute Gasteiger partial charge is 0.293 e. The molecule has 2 aromatic heterocycles. The number of rotatable bonds is 3. The fourth-order valence-corrected chi connectivity index (χ4v) is 2.57. The van der Waals surface area contributed by atoms with Gasteiger partial charge in [-0.3, -0.25) is 14.7 Å². The lowest BCUT2D eigenvalue weighted by atomic mass is 10.2. The summed E-state index contributed by atoms with van der Waals surface area (Å²) in [5, 5.41) is 0. The molecule has 6 nitrogen and oxygen atoms in total. The summed E-state index contributed by atoms with van der Waals surface area (Å²) in [5.41, 5.74) is 1.19. The van der Waals surface area contributed by atoms with Crippen LogP contribution in [0, 0.1) is 0 Å². The van der Waals surface area contributed by atoms with E-state index < -0.39 is 0 Å². The average Bonchev–Trinajstić information content (AvgIpc) is 2.52. The van der Waals surface area contributed by atoms with Gasteiger partial charge in [-0.15, -0.1) is 0 Å². The van der Waals surface area contributed by atoms with E-state index in [1.165, 1.54) is 5.56 Å². The summed E-state index contributed by atoms with van der Waals surface area (Å²) in [5.74, 6) is 0.557. The molecule has 0 N–H and O–H groups in total. The number of anilines is 1. The van der Waals surface area contributed by atoms with Crippen molar-refractivity contribution in [1.29, 1.82) is 0 Å². The first-order valence-corrected chi connectivity index (χ1v) is 7.12. The lowest BCUT2D eigenvalue weighted by Gasteiger charge is -2.34. The van der Waals surface area contributed by atoms with Gasteiger partial charge in [0.2, 0.25) is 0 Å². The van der Waals surface area contributed by atoms with Crippen LogP contribution in [0.4, 0.5) is 5.82 Å². The number of aryl methyl sites for hydroxylation is 1. The van der Waals surface area contributed by atoms with Crippen molar-refractivity contribution in [2.24, 2.45) is 7.05 Å². The molecule has 0 amide bonds. The zero-order valence-electron chi connectivity index (χ0n) is 12.1. The number of pyridine rings is 1. The Bertz CT molecular complexity index is 647. The average molecular weight is 285 g/mol. The minimum absolute atomic E-state index is 0.0294. The number of hydrogen-bond donors (Lipinski definition) is 0. The second-order valence-corrected chi connectivity index (χ2v) is 5.29. The zero-order valence-corrected chi connectivity index (χ0v) is 12.1. The van der Waals surface area contributed by atoms with Crippen molar-refractivity contribution in [2.45, 2.75) is 6.54 Å². The summed E-state index contributed by atoms with van der Waals surface area (Å²) >= 11 is 0. The van der Waals surface area contributed by atoms with E-state index in [1.54, 1.807) is 30.2 Å². The van der Waals surface area contributed by atoms with Crippen molar-refractivity contribution >= 4 is 5.82 Å². The van der Waals surface area contributed by atoms with Crippen LogP contribution in [0.2, 0.25) is 0 Å². The van der Waals surface area contributed by atoms with Gasteiger partial charge < -0.3 is 9.47 Å². The molecule has 2 aromatic rings. The van der Waals surface area contributed by atoms with Crippen LogP contribution >= 0.6 is 0 Å². The van der Waals surface area contributed by atoms with Crippen molar-refractivity contribution in [3.8, 4) is 0 Å². The molecule has 21 heavy (non-hydrogen) atoms. The SMILES string of the molecule is Cn1ccnc(N2CCN(Cc3cccnc3)CC2)c1=O. The van der Waals surface area contributed by atoms with E-state index in [0.29, 0.717) is 5.82 Å². The van der Waals surface area contributed by atoms with Crippen molar-refractivity contribution in [2.75, 3.05) is 31.1 Å². The largest absolute Gasteiger partial charge is 0.349 e. The van der Waals surface area contributed by atoms with Gasteiger partial charge in [0.1, 0.15) is 0 Å². The van der Waals surface area contributed by atoms with E-state index in [-0.39, 0.29) is 5.56 Å². The molecule has 0 aliphatic carbocycles. The third kappa shape index (κ3) is 3.11. The minimum Gasteiger partial charge on any atom is -0.349 e. The zero-order chi connectivity index (χ0) is 14.7. The molecule has 1 saturated heterocycles. The lowest BCUT2D eigenvalue weighted by molar-refractivity contribution is 0.249. The van der Waals surface area contributed by atoms with Crippen LogP contribution in [-0.2, 0) is 13.6 Å². The van der Waals surface area contributed by atoms with E-state index in [1.807, 2.05) is 12.3 Å². The third-order valence-corrected chi connectivity index (χ3v) is 3.80. The molecule has 1 aliphatic heterocycles. The van der Waals surface area contributed by atoms with Gasteiger partial charge in [0.05, 0.1) is 0 Å². The van der Waals surface area contributed by atoms with E-state index in [9.17, 15) is 4.79 Å². The van der Waals surface area contributed by atoms with E-state index in [2.05, 4.69) is 25.8 Å². The summed E-state index contributed by atoms with van der Waals surface area (Å²) in [6.45, 7) is 4.41. The number of hydrogen-bond acceptors (Lipinski definition) is 5. The molecule has 0 atom stereocenters. The molecule has 3 heterocycles. The highest BCUT2D eigenvalue weighted by molar-refractivity contribution is 5.36. The van der Waals surface area contributed by atoms with Crippen molar-refractivity contribution in [3.05, 3.63) is 52.8 Å². The van der Waals surface area contributed by atoms with Gasteiger partial charge >= 0.3 is 0 Å². The van der Waals surface area contributed by atoms with Crippen molar-refractivity contribution < 1.29 is 0 Å². The molecular weight excluding hydrogens is 266 g/mol. The van der Waals surface area contributed by atoms with Crippen molar-refractivity contribution in [3.63, 3.8) is 0 Å². The Labute approximate surface area is 123 Å². The first-order chi connectivity index (χ1) is 10.2. The normalized spacial score (nSPS) is 16.1. The topological polar surface area (TPSA) is 54.3 Å². The lowest BCUT2D eigenvalue weighted by Crippen LogP contribution is -2.48. The second kappa shape index (κ2) is 6.05. The van der Waals surface area contributed by atoms with Crippen LogP contribution in [0.3, 0.4) is 0 Å². The predicted octanol–water partition coefficient (Wildman–Crippen LogP) is 0.498. The first-order valence-electron chi connectivity index (χ1n) is 7.12. The maximum atomic E-state index is 12.1. The van der Waals surface area contributed by atoms with Crippen LogP contribution in [0.5, 0.6) is 0 Å². The molecule has 0 spiro atoms. The molecule has 0 radical (unpaired) electrons. The van der Waals surface area contributed by atoms with E-state index in [0.717, 1.165) is 32.7 Å². The monoisotopic (exact) mass is 285 g/mol. The highest BCUT2D eigenvalue weighted by atomic mass is 16.1. The van der Waals surface area contributed by atoms with Crippen LogP contribution in [-0.4, -0.2) is 45.6 Å². The predicted molar refractivity (Wildman–Crippen MR) is 81.2 cm³/mol. The molecular formula is C15H19N5O. The molecule has 0 aromatic carbocycles. The summed E-state index contributed by atoms with van der Waals surface area (Å²) in [6.07, 6.45) is 7.06. The van der Waals surface area contributed by atoms with Crippen LogP contribution in [0.25, 0.3) is 0 Å². The summed E-state index contributed by atoms with van der Waals surface area (Å²) in [6, 6.07) is 4.05. The third-order valence-electron chi connectivity index (χ3n) is 3.80. The van der Waals surface area contributed by atoms with Crippen LogP contribution in [0.1, 0.15) is 5.56 Å². The molecule has 1 aliphatic rings. The van der Waals surface area contributed by atoms with E-state index in [4.69, 9.17) is 0 Å². The quantitative estimate of drug-likeness (QED) is 0.822. The number of aromatic nitrogens is 3. The first kappa shape index (κ1) is 13.8. The fourth-order valence-electron chi connectivity index (χ4n) is 2.57.